The molecule has 0 aromatic carbocycles. The van der Waals surface area contributed by atoms with Crippen LogP contribution in [0.3, 0.4) is 0 Å². The van der Waals surface area contributed by atoms with Crippen LogP contribution in [-0.2, 0) is 6.54 Å². The van der Waals surface area contributed by atoms with Gasteiger partial charge in [0.2, 0.25) is 0 Å². The number of pyridine rings is 1. The lowest BCUT2D eigenvalue weighted by atomic mass is 10.1. The monoisotopic (exact) mass is 253 g/mol. The van der Waals surface area contributed by atoms with Crippen LogP contribution in [0.1, 0.15) is 23.5 Å². The quantitative estimate of drug-likeness (QED) is 0.910. The zero-order chi connectivity index (χ0) is 11.4. The molecule has 0 radical (unpaired) electrons. The minimum Gasteiger partial charge on any atom is -0.304 e. The van der Waals surface area contributed by atoms with E-state index in [1.54, 1.807) is 12.4 Å². The number of hydrogen-bond donors (Lipinski definition) is 1. The van der Waals surface area contributed by atoms with E-state index in [-0.39, 0.29) is 6.04 Å². The highest BCUT2D eigenvalue weighted by molar-refractivity contribution is 7.15. The molecule has 2 aromatic heterocycles. The summed E-state index contributed by atoms with van der Waals surface area (Å²) in [6.07, 6.45) is 5.32. The summed E-state index contributed by atoms with van der Waals surface area (Å²) in [4.78, 5) is 8.28. The van der Waals surface area contributed by atoms with Crippen molar-refractivity contribution in [2.75, 3.05) is 0 Å². The molecule has 3 nitrogen and oxygen atoms in total. The van der Waals surface area contributed by atoms with Gasteiger partial charge in [-0.1, -0.05) is 17.7 Å². The van der Waals surface area contributed by atoms with E-state index in [1.165, 1.54) is 16.9 Å². The number of nitrogens with zero attached hydrogens (tertiary/aromatic N) is 2. The number of thiazole rings is 1. The Morgan fingerprint density at radius 1 is 1.50 bits per heavy atom. The molecule has 1 atom stereocenters. The van der Waals surface area contributed by atoms with Gasteiger partial charge >= 0.3 is 0 Å². The Balaban J connectivity index is 1.91. The fraction of sp³-hybridized carbons (Fsp3) is 0.273. The van der Waals surface area contributed by atoms with Crippen LogP contribution in [0, 0.1) is 0 Å². The summed E-state index contributed by atoms with van der Waals surface area (Å²) in [7, 11) is 0. The first kappa shape index (κ1) is 11.5. The van der Waals surface area contributed by atoms with Gasteiger partial charge in [0.25, 0.3) is 0 Å². The van der Waals surface area contributed by atoms with Crippen molar-refractivity contribution in [1.82, 2.24) is 15.3 Å². The van der Waals surface area contributed by atoms with Crippen molar-refractivity contribution < 1.29 is 0 Å². The molecule has 0 aliphatic carbocycles. The second-order valence-electron chi connectivity index (χ2n) is 3.45. The molecular weight excluding hydrogens is 242 g/mol. The molecule has 0 spiro atoms. The smallest absolute Gasteiger partial charge is 0.113 e. The van der Waals surface area contributed by atoms with Crippen LogP contribution in [0.2, 0.25) is 4.34 Å². The van der Waals surface area contributed by atoms with Crippen LogP contribution in [-0.4, -0.2) is 9.97 Å². The van der Waals surface area contributed by atoms with Crippen LogP contribution < -0.4 is 5.32 Å². The highest BCUT2D eigenvalue weighted by Gasteiger charge is 2.06. The normalized spacial score (nSPS) is 12.6. The number of hydrogen-bond acceptors (Lipinski definition) is 4. The minimum absolute atomic E-state index is 0.261. The third kappa shape index (κ3) is 3.01. The van der Waals surface area contributed by atoms with Crippen molar-refractivity contribution in [2.24, 2.45) is 0 Å². The van der Waals surface area contributed by atoms with E-state index < -0.39 is 0 Å². The van der Waals surface area contributed by atoms with Gasteiger partial charge < -0.3 is 5.32 Å². The van der Waals surface area contributed by atoms with E-state index in [0.29, 0.717) is 0 Å². The minimum atomic E-state index is 0.261. The van der Waals surface area contributed by atoms with Gasteiger partial charge in [0.1, 0.15) is 9.34 Å². The van der Waals surface area contributed by atoms with E-state index in [9.17, 15) is 0 Å². The molecule has 0 saturated carbocycles. The highest BCUT2D eigenvalue weighted by Crippen LogP contribution is 2.19. The molecule has 0 aliphatic heterocycles. The van der Waals surface area contributed by atoms with E-state index >= 15 is 0 Å². The third-order valence-electron chi connectivity index (χ3n) is 2.27. The summed E-state index contributed by atoms with van der Waals surface area (Å²) in [5.41, 5.74) is 1.17. The number of rotatable bonds is 4. The highest BCUT2D eigenvalue weighted by atomic mass is 35.5. The summed E-state index contributed by atoms with van der Waals surface area (Å²) in [6.45, 7) is 2.83. The van der Waals surface area contributed by atoms with Crippen molar-refractivity contribution >= 4 is 22.9 Å². The Kier molecular flexibility index (Phi) is 3.88. The van der Waals surface area contributed by atoms with E-state index in [4.69, 9.17) is 11.6 Å². The second kappa shape index (κ2) is 5.39. The van der Waals surface area contributed by atoms with Gasteiger partial charge in [-0.2, -0.15) is 0 Å². The zero-order valence-electron chi connectivity index (χ0n) is 8.85. The molecule has 84 valence electrons. The SMILES string of the molecule is C[C@H](NCc1ncc(Cl)s1)c1cccnc1. The molecule has 1 N–H and O–H groups in total. The van der Waals surface area contributed by atoms with Gasteiger partial charge in [-0.15, -0.1) is 11.3 Å². The molecule has 0 saturated heterocycles. The number of aromatic nitrogens is 2. The van der Waals surface area contributed by atoms with Crippen LogP contribution >= 0.6 is 22.9 Å². The van der Waals surface area contributed by atoms with Crippen molar-refractivity contribution in [3.8, 4) is 0 Å². The van der Waals surface area contributed by atoms with E-state index in [1.807, 2.05) is 12.3 Å². The lowest BCUT2D eigenvalue weighted by Gasteiger charge is -2.12. The second-order valence-corrected chi connectivity index (χ2v) is 5.19. The van der Waals surface area contributed by atoms with Crippen molar-refractivity contribution in [1.29, 1.82) is 0 Å². The van der Waals surface area contributed by atoms with Crippen LogP contribution in [0.25, 0.3) is 0 Å². The Morgan fingerprint density at radius 3 is 3.00 bits per heavy atom. The number of nitrogens with one attached hydrogen (secondary N) is 1. The molecule has 0 unspecified atom stereocenters. The Hall–Kier alpha value is -0.970. The fourth-order valence-electron chi connectivity index (χ4n) is 1.36. The summed E-state index contributed by atoms with van der Waals surface area (Å²) in [5.74, 6) is 0. The Labute approximate surface area is 104 Å². The summed E-state index contributed by atoms with van der Waals surface area (Å²) < 4.78 is 0.728. The molecule has 0 aliphatic rings. The largest absolute Gasteiger partial charge is 0.304 e. The fourth-order valence-corrected chi connectivity index (χ4v) is 2.27. The van der Waals surface area contributed by atoms with Gasteiger partial charge in [-0.25, -0.2) is 4.98 Å². The average Bonchev–Trinajstić information content (AvgIpc) is 2.73. The zero-order valence-corrected chi connectivity index (χ0v) is 10.4. The predicted molar refractivity (Wildman–Crippen MR) is 66.6 cm³/mol. The van der Waals surface area contributed by atoms with E-state index in [0.717, 1.165) is 15.9 Å². The molecule has 16 heavy (non-hydrogen) atoms. The first-order chi connectivity index (χ1) is 7.75. The standard InChI is InChI=1S/C11H12ClN3S/c1-8(9-3-2-4-13-5-9)14-7-11-15-6-10(12)16-11/h2-6,8,14H,7H2,1H3/t8-/m0/s1. The first-order valence-corrected chi connectivity index (χ1v) is 6.18. The lowest BCUT2D eigenvalue weighted by Crippen LogP contribution is -2.17. The Morgan fingerprint density at radius 2 is 2.38 bits per heavy atom. The molecule has 0 amide bonds. The summed E-state index contributed by atoms with van der Waals surface area (Å²) >= 11 is 7.31. The molecule has 0 bridgehead atoms. The maximum absolute atomic E-state index is 5.81. The van der Waals surface area contributed by atoms with Crippen LogP contribution in [0.4, 0.5) is 0 Å². The van der Waals surface area contributed by atoms with Crippen LogP contribution in [0.15, 0.2) is 30.7 Å². The topological polar surface area (TPSA) is 37.8 Å². The van der Waals surface area contributed by atoms with Crippen molar-refractivity contribution in [2.45, 2.75) is 19.5 Å². The molecule has 2 aromatic rings. The molecule has 5 heteroatoms. The van der Waals surface area contributed by atoms with Gasteiger partial charge in [0, 0.05) is 25.0 Å². The molecule has 2 rings (SSSR count). The maximum atomic E-state index is 5.81. The lowest BCUT2D eigenvalue weighted by molar-refractivity contribution is 0.571. The first-order valence-electron chi connectivity index (χ1n) is 4.99. The third-order valence-corrected chi connectivity index (χ3v) is 3.38. The van der Waals surface area contributed by atoms with Crippen LogP contribution in [0.5, 0.6) is 0 Å². The molecule has 0 fully saturated rings. The summed E-state index contributed by atoms with van der Waals surface area (Å²) in [6, 6.07) is 4.25. The van der Waals surface area contributed by atoms with Gasteiger partial charge in [-0.05, 0) is 18.6 Å². The van der Waals surface area contributed by atoms with Crippen molar-refractivity contribution in [3.63, 3.8) is 0 Å². The van der Waals surface area contributed by atoms with E-state index in [2.05, 4.69) is 28.3 Å². The summed E-state index contributed by atoms with van der Waals surface area (Å²) in [5, 5.41) is 4.38. The van der Waals surface area contributed by atoms with Gasteiger partial charge in [-0.3, -0.25) is 4.98 Å². The molecule has 2 heterocycles. The maximum Gasteiger partial charge on any atom is 0.113 e. The molecular formula is C11H12ClN3S. The van der Waals surface area contributed by atoms with Crippen molar-refractivity contribution in [3.05, 3.63) is 45.6 Å². The average molecular weight is 254 g/mol. The van der Waals surface area contributed by atoms with Gasteiger partial charge in [0.05, 0.1) is 6.20 Å². The number of halogens is 1. The Bertz CT molecular complexity index is 444. The predicted octanol–water partition coefficient (Wildman–Crippen LogP) is 3.04. The van der Waals surface area contributed by atoms with Gasteiger partial charge in [0.15, 0.2) is 0 Å².